The predicted octanol–water partition coefficient (Wildman–Crippen LogP) is 4.60. The standard InChI is InChI=1S/C23H11B3F8N2O6/c1-39-20(38)11-8-9(6-7-35-11)36-19(37)15-12(3-2-10(16(15)27)21(29,30)31)40-14-5-4-13(41-23(32,33)34)17(28)18(14)42-22(24,25)26/h2-8H,1H3,(H,35,36,37). The second kappa shape index (κ2) is 11.8. The van der Waals surface area contributed by atoms with Crippen molar-refractivity contribution < 1.29 is 63.7 Å². The van der Waals surface area contributed by atoms with E-state index in [2.05, 4.69) is 14.5 Å². The van der Waals surface area contributed by atoms with Crippen molar-refractivity contribution in [1.82, 2.24) is 4.98 Å². The molecule has 214 valence electrons. The third-order valence-electron chi connectivity index (χ3n) is 4.80. The third-order valence-corrected chi connectivity index (χ3v) is 4.80. The molecule has 1 amide bonds. The minimum Gasteiger partial charge on any atom is -0.510 e. The van der Waals surface area contributed by atoms with Crippen LogP contribution in [0.5, 0.6) is 23.0 Å². The Morgan fingerprint density at radius 2 is 1.48 bits per heavy atom. The maximum atomic E-state index is 15.2. The fourth-order valence-electron chi connectivity index (χ4n) is 3.19. The Hall–Kier alpha value is -4.44. The first-order valence-electron chi connectivity index (χ1n) is 10.9. The first kappa shape index (κ1) is 32.1. The van der Waals surface area contributed by atoms with E-state index < -0.39 is 75.5 Å². The number of hydrogen-bond acceptors (Lipinski definition) is 7. The quantitative estimate of drug-likeness (QED) is 0.231. The molecule has 2 aromatic carbocycles. The highest BCUT2D eigenvalue weighted by Crippen LogP contribution is 2.43. The van der Waals surface area contributed by atoms with Crippen molar-refractivity contribution in [3.05, 3.63) is 71.1 Å². The van der Waals surface area contributed by atoms with Crippen LogP contribution in [0.4, 0.5) is 40.8 Å². The van der Waals surface area contributed by atoms with Gasteiger partial charge in [-0.3, -0.25) is 4.79 Å². The molecule has 3 rings (SSSR count). The van der Waals surface area contributed by atoms with Crippen LogP contribution in [0.3, 0.4) is 0 Å². The second-order valence-electron chi connectivity index (χ2n) is 7.98. The topological polar surface area (TPSA) is 96.0 Å². The average molecular weight is 596 g/mol. The van der Waals surface area contributed by atoms with Crippen LogP contribution in [-0.4, -0.2) is 59.2 Å². The number of esters is 1. The van der Waals surface area contributed by atoms with Crippen LogP contribution >= 0.6 is 0 Å². The minimum atomic E-state index is -5.39. The average Bonchev–Trinajstić information content (AvgIpc) is 2.85. The van der Waals surface area contributed by atoms with Gasteiger partial charge in [0.15, 0.2) is 23.1 Å². The fraction of sp³-hybridized carbons (Fsp3) is 0.174. The molecule has 8 nitrogen and oxygen atoms in total. The van der Waals surface area contributed by atoms with Crippen LogP contribution in [-0.2, 0) is 10.9 Å². The molecule has 0 spiro atoms. The van der Waals surface area contributed by atoms with Gasteiger partial charge in [-0.05, 0) is 41.7 Å². The van der Waals surface area contributed by atoms with Gasteiger partial charge in [0.2, 0.25) is 5.82 Å². The lowest BCUT2D eigenvalue weighted by molar-refractivity contribution is -0.275. The lowest BCUT2D eigenvalue weighted by atomic mass is 9.52. The van der Waals surface area contributed by atoms with Crippen molar-refractivity contribution in [2.24, 2.45) is 0 Å². The van der Waals surface area contributed by atoms with Crippen LogP contribution in [0.2, 0.25) is 0 Å². The summed E-state index contributed by atoms with van der Waals surface area (Å²) in [5, 5.41) is -0.726. The Morgan fingerprint density at radius 1 is 0.857 bits per heavy atom. The number of halogens is 8. The lowest BCUT2D eigenvalue weighted by Crippen LogP contribution is -2.38. The lowest BCUT2D eigenvalue weighted by Gasteiger charge is -2.26. The molecule has 42 heavy (non-hydrogen) atoms. The first-order valence-corrected chi connectivity index (χ1v) is 10.9. The van der Waals surface area contributed by atoms with Crippen molar-refractivity contribution in [1.29, 1.82) is 0 Å². The molecular formula is C23H11B3F8N2O6. The van der Waals surface area contributed by atoms with E-state index >= 15 is 4.39 Å². The summed E-state index contributed by atoms with van der Waals surface area (Å²) in [7, 11) is 16.7. The molecular weight excluding hydrogens is 585 g/mol. The highest BCUT2D eigenvalue weighted by molar-refractivity contribution is 6.58. The molecule has 6 radical (unpaired) electrons. The molecule has 0 bridgehead atoms. The summed E-state index contributed by atoms with van der Waals surface area (Å²) in [5.74, 6) is -11.5. The van der Waals surface area contributed by atoms with Gasteiger partial charge in [0.25, 0.3) is 5.91 Å². The van der Waals surface area contributed by atoms with Crippen molar-refractivity contribution in [2.75, 3.05) is 12.4 Å². The molecule has 0 aliphatic carbocycles. The van der Waals surface area contributed by atoms with Gasteiger partial charge in [0.1, 0.15) is 40.5 Å². The number of pyridine rings is 1. The fourth-order valence-corrected chi connectivity index (χ4v) is 3.19. The number of carbonyl (C=O) groups excluding carboxylic acids is 2. The number of nitrogens with zero attached hydrogens (tertiary/aromatic N) is 1. The molecule has 1 N–H and O–H groups in total. The molecule has 0 aliphatic rings. The predicted molar refractivity (Wildman–Crippen MR) is 129 cm³/mol. The first-order chi connectivity index (χ1) is 19.3. The second-order valence-corrected chi connectivity index (χ2v) is 7.98. The summed E-state index contributed by atoms with van der Waals surface area (Å²) in [6.45, 7) is 0. The van der Waals surface area contributed by atoms with E-state index in [9.17, 15) is 40.3 Å². The molecule has 19 heteroatoms. The van der Waals surface area contributed by atoms with Gasteiger partial charge in [0.05, 0.1) is 12.7 Å². The Morgan fingerprint density at radius 3 is 2.05 bits per heavy atom. The number of methoxy groups -OCH3 is 1. The van der Waals surface area contributed by atoms with Gasteiger partial charge in [0, 0.05) is 11.9 Å². The summed E-state index contributed by atoms with van der Waals surface area (Å²) in [6.07, 6.45) is -9.70. The normalized spacial score (nSPS) is 11.9. The van der Waals surface area contributed by atoms with Gasteiger partial charge < -0.3 is 24.3 Å². The molecule has 3 aromatic rings. The number of hydrogen-bond donors (Lipinski definition) is 1. The number of benzene rings is 2. The van der Waals surface area contributed by atoms with E-state index in [1.807, 2.05) is 5.32 Å². The number of rotatable bonds is 8. The van der Waals surface area contributed by atoms with Crippen molar-refractivity contribution >= 4 is 41.1 Å². The van der Waals surface area contributed by atoms with Crippen LogP contribution < -0.4 is 19.5 Å². The van der Waals surface area contributed by atoms with Crippen LogP contribution in [0.15, 0.2) is 42.6 Å². The summed E-state index contributed by atoms with van der Waals surface area (Å²) >= 11 is 0. The number of anilines is 1. The molecule has 0 aliphatic heterocycles. The van der Waals surface area contributed by atoms with Gasteiger partial charge in [-0.2, -0.15) is 17.6 Å². The zero-order valence-corrected chi connectivity index (χ0v) is 20.7. The van der Waals surface area contributed by atoms with Crippen LogP contribution in [0.25, 0.3) is 0 Å². The van der Waals surface area contributed by atoms with Gasteiger partial charge in [-0.25, -0.2) is 14.2 Å². The van der Waals surface area contributed by atoms with Crippen molar-refractivity contribution in [3.63, 3.8) is 0 Å². The monoisotopic (exact) mass is 596 g/mol. The van der Waals surface area contributed by atoms with E-state index in [0.29, 0.717) is 18.2 Å². The van der Waals surface area contributed by atoms with Crippen molar-refractivity contribution in [3.8, 4) is 23.0 Å². The molecule has 0 atom stereocenters. The van der Waals surface area contributed by atoms with Gasteiger partial charge >= 0.3 is 18.5 Å². The van der Waals surface area contributed by atoms with Crippen LogP contribution in [0.1, 0.15) is 26.4 Å². The molecule has 0 unspecified atom stereocenters. The number of alkyl halides is 6. The van der Waals surface area contributed by atoms with E-state index in [4.69, 9.17) is 33.0 Å². The van der Waals surface area contributed by atoms with E-state index in [0.717, 1.165) is 25.4 Å². The molecule has 1 aromatic heterocycles. The van der Waals surface area contributed by atoms with Crippen molar-refractivity contribution in [2.45, 2.75) is 17.8 Å². The number of ether oxygens (including phenoxy) is 4. The van der Waals surface area contributed by atoms with E-state index in [1.165, 1.54) is 0 Å². The number of aromatic nitrogens is 1. The Balaban J connectivity index is 2.15. The summed E-state index contributed by atoms with van der Waals surface area (Å²) in [6, 6.07) is 3.56. The summed E-state index contributed by atoms with van der Waals surface area (Å²) in [5.41, 5.74) is -3.95. The SMILES string of the molecule is [B]C([B])([B])Oc1c(Oc2ccc(C(F)(F)F)c(F)c2C(=O)Nc2ccnc(C(=O)OC)c2)ccc(OC(F)(F)F)c1F. The maximum absolute atomic E-state index is 15.2. The van der Waals surface area contributed by atoms with E-state index in [-0.39, 0.29) is 17.4 Å². The number of carbonyl (C=O) groups is 2. The minimum absolute atomic E-state index is 0.167. The van der Waals surface area contributed by atoms with Crippen LogP contribution in [0, 0.1) is 11.6 Å². The largest absolute Gasteiger partial charge is 0.573 e. The zero-order valence-electron chi connectivity index (χ0n) is 20.7. The summed E-state index contributed by atoms with van der Waals surface area (Å²) in [4.78, 5) is 28.4. The number of amides is 1. The summed E-state index contributed by atoms with van der Waals surface area (Å²) < 4.78 is 126. The van der Waals surface area contributed by atoms with E-state index in [1.54, 1.807) is 0 Å². The Kier molecular flexibility index (Phi) is 9.03. The molecule has 0 saturated heterocycles. The third kappa shape index (κ3) is 7.85. The van der Waals surface area contributed by atoms with Gasteiger partial charge in [-0.15, -0.1) is 13.2 Å². The Bertz CT molecular complexity index is 1510. The maximum Gasteiger partial charge on any atom is 0.573 e. The van der Waals surface area contributed by atoms with Gasteiger partial charge in [-0.1, -0.05) is 0 Å². The highest BCUT2D eigenvalue weighted by atomic mass is 19.4. The smallest absolute Gasteiger partial charge is 0.510 e. The highest BCUT2D eigenvalue weighted by Gasteiger charge is 2.38. The number of nitrogens with one attached hydrogen (secondary N) is 1. The molecule has 1 heterocycles. The molecule has 0 fully saturated rings. The molecule has 0 saturated carbocycles. The Labute approximate surface area is 234 Å². The zero-order chi connectivity index (χ0) is 31.6.